The monoisotopic (exact) mass is 300 g/mol. The van der Waals surface area contributed by atoms with E-state index in [0.29, 0.717) is 13.0 Å². The van der Waals surface area contributed by atoms with Crippen molar-refractivity contribution in [2.45, 2.75) is 25.8 Å². The first-order valence-corrected chi connectivity index (χ1v) is 6.34. The molecule has 0 saturated heterocycles. The highest BCUT2D eigenvalue weighted by Crippen LogP contribution is 2.29. The number of phenolic OH excluding ortho intramolecular Hbond substituents is 1. The predicted octanol–water partition coefficient (Wildman–Crippen LogP) is 2.07. The third-order valence-electron chi connectivity index (χ3n) is 2.54. The van der Waals surface area contributed by atoms with Crippen LogP contribution >= 0.6 is 15.9 Å². The van der Waals surface area contributed by atoms with Crippen molar-refractivity contribution >= 4 is 21.8 Å². The topological polar surface area (TPSA) is 75.3 Å². The molecule has 5 heteroatoms. The first-order valence-electron chi connectivity index (χ1n) is 5.54. The molecule has 4 N–H and O–H groups in total. The summed E-state index contributed by atoms with van der Waals surface area (Å²) in [5.74, 6) is -0.0718. The number of phenols is 1. The van der Waals surface area contributed by atoms with Gasteiger partial charge in [0.15, 0.2) is 0 Å². The molecule has 17 heavy (non-hydrogen) atoms. The summed E-state index contributed by atoms with van der Waals surface area (Å²) in [5, 5.41) is 13.0. The number of aromatic hydroxyl groups is 1. The number of nitrogens with two attached hydrogens (primary N) is 1. The number of nitrogens with one attached hydrogen (secondary N) is 1. The molecule has 0 radical (unpaired) electrons. The summed E-state index contributed by atoms with van der Waals surface area (Å²) in [7, 11) is 0. The Hall–Kier alpha value is -1.07. The van der Waals surface area contributed by atoms with Gasteiger partial charge in [0.1, 0.15) is 5.75 Å². The molecule has 0 aliphatic heterocycles. The van der Waals surface area contributed by atoms with E-state index in [1.54, 1.807) is 12.1 Å². The number of primary amides is 1. The average molecular weight is 301 g/mol. The second-order valence-electron chi connectivity index (χ2n) is 3.83. The molecule has 0 aliphatic rings. The molecule has 94 valence electrons. The van der Waals surface area contributed by atoms with E-state index in [1.807, 2.05) is 13.0 Å². The van der Waals surface area contributed by atoms with Crippen LogP contribution in [0.2, 0.25) is 0 Å². The van der Waals surface area contributed by atoms with Crippen LogP contribution in [0, 0.1) is 0 Å². The summed E-state index contributed by atoms with van der Waals surface area (Å²) in [4.78, 5) is 10.7. The Morgan fingerprint density at radius 2 is 2.29 bits per heavy atom. The zero-order chi connectivity index (χ0) is 12.8. The van der Waals surface area contributed by atoms with Crippen molar-refractivity contribution in [3.8, 4) is 5.75 Å². The van der Waals surface area contributed by atoms with E-state index in [4.69, 9.17) is 5.73 Å². The van der Waals surface area contributed by atoms with Gasteiger partial charge in [-0.15, -0.1) is 0 Å². The van der Waals surface area contributed by atoms with Crippen molar-refractivity contribution in [1.29, 1.82) is 0 Å². The Morgan fingerprint density at radius 3 is 2.88 bits per heavy atom. The fourth-order valence-corrected chi connectivity index (χ4v) is 2.03. The van der Waals surface area contributed by atoms with E-state index in [-0.39, 0.29) is 17.7 Å². The largest absolute Gasteiger partial charge is 0.508 e. The molecule has 0 saturated carbocycles. The van der Waals surface area contributed by atoms with E-state index in [2.05, 4.69) is 21.2 Å². The zero-order valence-corrected chi connectivity index (χ0v) is 11.3. The van der Waals surface area contributed by atoms with Gasteiger partial charge in [0.25, 0.3) is 0 Å². The van der Waals surface area contributed by atoms with Crippen LogP contribution in [0.25, 0.3) is 0 Å². The molecular weight excluding hydrogens is 284 g/mol. The molecule has 0 spiro atoms. The van der Waals surface area contributed by atoms with Gasteiger partial charge >= 0.3 is 0 Å². The number of hydrogen-bond donors (Lipinski definition) is 3. The van der Waals surface area contributed by atoms with Crippen molar-refractivity contribution in [3.05, 3.63) is 28.2 Å². The third-order valence-corrected chi connectivity index (χ3v) is 3.03. The second kappa shape index (κ2) is 6.61. The molecule has 0 fully saturated rings. The number of amides is 1. The van der Waals surface area contributed by atoms with Crippen LogP contribution in [0.4, 0.5) is 0 Å². The van der Waals surface area contributed by atoms with E-state index in [0.717, 1.165) is 16.5 Å². The quantitative estimate of drug-likeness (QED) is 0.753. The minimum absolute atomic E-state index is 0.0202. The standard InChI is InChI=1S/C12H17BrN2O2/c1-2-10(15-6-5-12(14)17)9-7-8(13)3-4-11(9)16/h3-4,7,10,15-16H,2,5-6H2,1H3,(H2,14,17). The molecule has 4 nitrogen and oxygen atoms in total. The summed E-state index contributed by atoms with van der Waals surface area (Å²) >= 11 is 3.37. The van der Waals surface area contributed by atoms with Crippen molar-refractivity contribution < 1.29 is 9.90 Å². The number of carbonyl (C=O) groups excluding carboxylic acids is 1. The van der Waals surface area contributed by atoms with Crippen LogP contribution in [0.3, 0.4) is 0 Å². The molecule has 0 aromatic heterocycles. The van der Waals surface area contributed by atoms with Crippen molar-refractivity contribution in [2.24, 2.45) is 5.73 Å². The summed E-state index contributed by atoms with van der Waals surface area (Å²) in [6, 6.07) is 5.33. The minimum atomic E-state index is -0.328. The summed E-state index contributed by atoms with van der Waals surface area (Å²) < 4.78 is 0.917. The Morgan fingerprint density at radius 1 is 1.59 bits per heavy atom. The summed E-state index contributed by atoms with van der Waals surface area (Å²) in [6.07, 6.45) is 1.12. The van der Waals surface area contributed by atoms with Gasteiger partial charge in [0.05, 0.1) is 0 Å². The van der Waals surface area contributed by atoms with E-state index < -0.39 is 0 Å². The van der Waals surface area contributed by atoms with Crippen LogP contribution in [0.5, 0.6) is 5.75 Å². The normalized spacial score (nSPS) is 12.4. The van der Waals surface area contributed by atoms with Gasteiger partial charge in [-0.1, -0.05) is 22.9 Å². The maximum Gasteiger partial charge on any atom is 0.218 e. The van der Waals surface area contributed by atoms with Crippen LogP contribution in [0.1, 0.15) is 31.4 Å². The number of rotatable bonds is 6. The third kappa shape index (κ3) is 4.36. The number of benzene rings is 1. The van der Waals surface area contributed by atoms with Crippen LogP contribution < -0.4 is 11.1 Å². The molecule has 0 heterocycles. The maximum atomic E-state index is 10.7. The molecule has 1 aromatic carbocycles. The Balaban J connectivity index is 2.72. The molecular formula is C12H17BrN2O2. The molecule has 1 aromatic rings. The smallest absolute Gasteiger partial charge is 0.218 e. The lowest BCUT2D eigenvalue weighted by atomic mass is 10.0. The highest BCUT2D eigenvalue weighted by molar-refractivity contribution is 9.10. The fourth-order valence-electron chi connectivity index (χ4n) is 1.65. The molecule has 1 unspecified atom stereocenters. The lowest BCUT2D eigenvalue weighted by molar-refractivity contribution is -0.117. The van der Waals surface area contributed by atoms with E-state index >= 15 is 0 Å². The van der Waals surface area contributed by atoms with Gasteiger partial charge in [-0.3, -0.25) is 4.79 Å². The summed E-state index contributed by atoms with van der Waals surface area (Å²) in [6.45, 7) is 2.53. The van der Waals surface area contributed by atoms with Gasteiger partial charge in [-0.25, -0.2) is 0 Å². The molecule has 0 bridgehead atoms. The van der Waals surface area contributed by atoms with Crippen molar-refractivity contribution in [2.75, 3.05) is 6.54 Å². The lowest BCUT2D eigenvalue weighted by Gasteiger charge is -2.18. The highest BCUT2D eigenvalue weighted by atomic mass is 79.9. The molecule has 1 amide bonds. The van der Waals surface area contributed by atoms with Crippen molar-refractivity contribution in [3.63, 3.8) is 0 Å². The second-order valence-corrected chi connectivity index (χ2v) is 4.75. The van der Waals surface area contributed by atoms with Crippen LogP contribution in [0.15, 0.2) is 22.7 Å². The first kappa shape index (κ1) is 14.0. The number of hydrogen-bond acceptors (Lipinski definition) is 3. The fraction of sp³-hybridized carbons (Fsp3) is 0.417. The SMILES string of the molecule is CCC(NCCC(N)=O)c1cc(Br)ccc1O. The minimum Gasteiger partial charge on any atom is -0.508 e. The Kier molecular flexibility index (Phi) is 5.44. The molecule has 1 atom stereocenters. The zero-order valence-electron chi connectivity index (χ0n) is 9.74. The van der Waals surface area contributed by atoms with Crippen LogP contribution in [-0.2, 0) is 4.79 Å². The average Bonchev–Trinajstić information content (AvgIpc) is 2.28. The first-order chi connectivity index (χ1) is 8.04. The predicted molar refractivity (Wildman–Crippen MR) is 70.7 cm³/mol. The number of carbonyl (C=O) groups is 1. The summed E-state index contributed by atoms with van der Waals surface area (Å²) in [5.41, 5.74) is 5.90. The van der Waals surface area contributed by atoms with Gasteiger partial charge in [0, 0.05) is 29.0 Å². The van der Waals surface area contributed by atoms with E-state index in [1.165, 1.54) is 0 Å². The van der Waals surface area contributed by atoms with E-state index in [9.17, 15) is 9.90 Å². The van der Waals surface area contributed by atoms with Gasteiger partial charge in [-0.2, -0.15) is 0 Å². The Bertz CT molecular complexity index is 396. The van der Waals surface area contributed by atoms with Gasteiger partial charge < -0.3 is 16.2 Å². The van der Waals surface area contributed by atoms with Crippen molar-refractivity contribution in [1.82, 2.24) is 5.32 Å². The lowest BCUT2D eigenvalue weighted by Crippen LogP contribution is -2.25. The molecule has 1 rings (SSSR count). The van der Waals surface area contributed by atoms with Gasteiger partial charge in [0.2, 0.25) is 5.91 Å². The maximum absolute atomic E-state index is 10.7. The van der Waals surface area contributed by atoms with Crippen LogP contribution in [-0.4, -0.2) is 17.6 Å². The van der Waals surface area contributed by atoms with Gasteiger partial charge in [-0.05, 0) is 24.6 Å². The number of halogens is 1. The molecule has 0 aliphatic carbocycles. The highest BCUT2D eigenvalue weighted by Gasteiger charge is 2.13. The Labute approximate surface area is 109 Å².